The summed E-state index contributed by atoms with van der Waals surface area (Å²) in [7, 11) is 0. The smallest absolute Gasteiger partial charge is 0.345 e. The lowest BCUT2D eigenvalue weighted by Gasteiger charge is -2.17. The zero-order valence-electron chi connectivity index (χ0n) is 21.3. The van der Waals surface area contributed by atoms with E-state index in [4.69, 9.17) is 16.9 Å². The summed E-state index contributed by atoms with van der Waals surface area (Å²) in [6.45, 7) is 0.314. The summed E-state index contributed by atoms with van der Waals surface area (Å²) < 4.78 is 5.17. The molecule has 1 atom stereocenters. The SMILES string of the molecule is C#Cc1ccc(-c2cccc(CN[C@@H](CCC(N)=O)C(=O)OC(=O)c3ccc(-c4ccccc4)cc3)c2)cc1. The topological polar surface area (TPSA) is 98.5 Å². The molecule has 6 heteroatoms. The van der Waals surface area contributed by atoms with Crippen molar-refractivity contribution in [3.8, 4) is 34.6 Å². The van der Waals surface area contributed by atoms with E-state index in [1.807, 2.05) is 78.9 Å². The van der Waals surface area contributed by atoms with Crippen LogP contribution in [0.4, 0.5) is 0 Å². The molecule has 0 aromatic heterocycles. The number of hydrogen-bond acceptors (Lipinski definition) is 5. The van der Waals surface area contributed by atoms with E-state index in [1.165, 1.54) is 0 Å². The summed E-state index contributed by atoms with van der Waals surface area (Å²) >= 11 is 0. The van der Waals surface area contributed by atoms with Gasteiger partial charge in [-0.1, -0.05) is 78.7 Å². The second-order valence-electron chi connectivity index (χ2n) is 9.01. The molecule has 0 bridgehead atoms. The third-order valence-electron chi connectivity index (χ3n) is 6.25. The molecule has 3 N–H and O–H groups in total. The molecule has 0 saturated carbocycles. The largest absolute Gasteiger partial charge is 0.388 e. The molecule has 6 nitrogen and oxygen atoms in total. The molecule has 194 valence electrons. The lowest BCUT2D eigenvalue weighted by Crippen LogP contribution is -2.39. The number of esters is 2. The fourth-order valence-corrected chi connectivity index (χ4v) is 4.10. The normalized spacial score (nSPS) is 11.3. The monoisotopic (exact) mass is 516 g/mol. The van der Waals surface area contributed by atoms with Crippen molar-refractivity contribution in [1.82, 2.24) is 5.32 Å². The van der Waals surface area contributed by atoms with Crippen molar-refractivity contribution >= 4 is 17.8 Å². The number of carbonyl (C=O) groups is 3. The highest BCUT2D eigenvalue weighted by Gasteiger charge is 2.24. The Labute approximate surface area is 227 Å². The van der Waals surface area contributed by atoms with E-state index in [2.05, 4.69) is 11.2 Å². The number of ether oxygens (including phenoxy) is 1. The molecular weight excluding hydrogens is 488 g/mol. The summed E-state index contributed by atoms with van der Waals surface area (Å²) in [5.41, 5.74) is 11.2. The average Bonchev–Trinajstić information content (AvgIpc) is 2.97. The number of amides is 1. The van der Waals surface area contributed by atoms with Gasteiger partial charge in [0.25, 0.3) is 0 Å². The van der Waals surface area contributed by atoms with E-state index in [9.17, 15) is 14.4 Å². The quantitative estimate of drug-likeness (QED) is 0.173. The predicted octanol–water partition coefficient (Wildman–Crippen LogP) is 5.11. The number of carbonyl (C=O) groups excluding carboxylic acids is 3. The van der Waals surface area contributed by atoms with E-state index < -0.39 is 23.9 Å². The molecule has 0 aliphatic heterocycles. The van der Waals surface area contributed by atoms with Crippen molar-refractivity contribution in [1.29, 1.82) is 0 Å². The molecule has 0 radical (unpaired) electrons. The summed E-state index contributed by atoms with van der Waals surface area (Å²) in [6.07, 6.45) is 5.51. The molecule has 0 saturated heterocycles. The number of hydrogen-bond donors (Lipinski definition) is 2. The van der Waals surface area contributed by atoms with Gasteiger partial charge in [0.2, 0.25) is 5.91 Å². The van der Waals surface area contributed by atoms with Crippen LogP contribution in [0.3, 0.4) is 0 Å². The van der Waals surface area contributed by atoms with Crippen molar-refractivity contribution in [2.24, 2.45) is 5.73 Å². The van der Waals surface area contributed by atoms with Crippen LogP contribution in [0.5, 0.6) is 0 Å². The second kappa shape index (κ2) is 13.0. The van der Waals surface area contributed by atoms with E-state index in [1.54, 1.807) is 24.3 Å². The minimum atomic E-state index is -0.899. The molecular formula is C33H28N2O4. The number of nitrogens with two attached hydrogens (primary N) is 1. The van der Waals surface area contributed by atoms with Crippen molar-refractivity contribution in [3.63, 3.8) is 0 Å². The highest BCUT2D eigenvalue weighted by atomic mass is 16.6. The van der Waals surface area contributed by atoms with Gasteiger partial charge in [-0.15, -0.1) is 6.42 Å². The number of primary amides is 1. The maximum Gasteiger partial charge on any atom is 0.345 e. The first-order chi connectivity index (χ1) is 18.9. The van der Waals surface area contributed by atoms with Crippen LogP contribution >= 0.6 is 0 Å². The highest BCUT2D eigenvalue weighted by molar-refractivity contribution is 5.98. The Hall–Kier alpha value is -4.99. The molecule has 4 aromatic rings. The Morgan fingerprint density at radius 1 is 0.795 bits per heavy atom. The van der Waals surface area contributed by atoms with Crippen molar-refractivity contribution in [2.45, 2.75) is 25.4 Å². The number of nitrogens with one attached hydrogen (secondary N) is 1. The Balaban J connectivity index is 1.41. The van der Waals surface area contributed by atoms with Gasteiger partial charge in [0.05, 0.1) is 5.56 Å². The molecule has 0 spiro atoms. The predicted molar refractivity (Wildman–Crippen MR) is 151 cm³/mol. The molecule has 0 aliphatic carbocycles. The summed E-state index contributed by atoms with van der Waals surface area (Å²) in [5, 5.41) is 3.11. The molecule has 0 heterocycles. The van der Waals surface area contributed by atoms with Crippen LogP contribution in [0.2, 0.25) is 0 Å². The zero-order valence-corrected chi connectivity index (χ0v) is 21.3. The fourth-order valence-electron chi connectivity index (χ4n) is 4.10. The van der Waals surface area contributed by atoms with Crippen LogP contribution in [0.1, 0.15) is 34.3 Å². The van der Waals surface area contributed by atoms with Crippen molar-refractivity contribution in [2.75, 3.05) is 0 Å². The maximum atomic E-state index is 12.9. The molecule has 0 aliphatic rings. The molecule has 0 unspecified atom stereocenters. The molecule has 4 aromatic carbocycles. The van der Waals surface area contributed by atoms with Gasteiger partial charge in [-0.25, -0.2) is 9.59 Å². The van der Waals surface area contributed by atoms with Crippen LogP contribution in [-0.2, 0) is 20.9 Å². The maximum absolute atomic E-state index is 12.9. The van der Waals surface area contributed by atoms with Gasteiger partial charge in [0.15, 0.2) is 0 Å². The first-order valence-electron chi connectivity index (χ1n) is 12.5. The van der Waals surface area contributed by atoms with Gasteiger partial charge in [0.1, 0.15) is 6.04 Å². The van der Waals surface area contributed by atoms with E-state index >= 15 is 0 Å². The third-order valence-corrected chi connectivity index (χ3v) is 6.25. The molecule has 4 rings (SSSR count). The van der Waals surface area contributed by atoms with Crippen molar-refractivity contribution in [3.05, 3.63) is 120 Å². The van der Waals surface area contributed by atoms with Crippen LogP contribution in [0.15, 0.2) is 103 Å². The Kier molecular flexibility index (Phi) is 9.02. The summed E-state index contributed by atoms with van der Waals surface area (Å²) in [6, 6.07) is 31.1. The molecule has 0 fully saturated rings. The van der Waals surface area contributed by atoms with E-state index in [0.717, 1.165) is 33.4 Å². The van der Waals surface area contributed by atoms with Gasteiger partial charge in [0, 0.05) is 18.5 Å². The Bertz CT molecular complexity index is 1490. The Morgan fingerprint density at radius 3 is 2.08 bits per heavy atom. The number of terminal acetylenes is 1. The van der Waals surface area contributed by atoms with Gasteiger partial charge < -0.3 is 15.8 Å². The van der Waals surface area contributed by atoms with Gasteiger partial charge in [-0.05, 0) is 64.6 Å². The highest BCUT2D eigenvalue weighted by Crippen LogP contribution is 2.22. The van der Waals surface area contributed by atoms with Crippen molar-refractivity contribution < 1.29 is 19.1 Å². The van der Waals surface area contributed by atoms with Crippen LogP contribution < -0.4 is 11.1 Å². The molecule has 39 heavy (non-hydrogen) atoms. The van der Waals surface area contributed by atoms with E-state index in [-0.39, 0.29) is 18.4 Å². The summed E-state index contributed by atoms with van der Waals surface area (Å²) in [4.78, 5) is 37.0. The Morgan fingerprint density at radius 2 is 1.41 bits per heavy atom. The minimum absolute atomic E-state index is 0.0334. The number of rotatable bonds is 10. The summed E-state index contributed by atoms with van der Waals surface area (Å²) in [5.74, 6) is 0.526. The lowest BCUT2D eigenvalue weighted by molar-refractivity contribution is -0.140. The van der Waals surface area contributed by atoms with Crippen LogP contribution in [-0.4, -0.2) is 23.9 Å². The van der Waals surface area contributed by atoms with Crippen LogP contribution in [0, 0.1) is 12.3 Å². The average molecular weight is 517 g/mol. The van der Waals surface area contributed by atoms with Crippen LogP contribution in [0.25, 0.3) is 22.3 Å². The first kappa shape index (κ1) is 27.1. The second-order valence-corrected chi connectivity index (χ2v) is 9.01. The molecule has 1 amide bonds. The lowest BCUT2D eigenvalue weighted by atomic mass is 10.0. The third kappa shape index (κ3) is 7.51. The minimum Gasteiger partial charge on any atom is -0.388 e. The van der Waals surface area contributed by atoms with Gasteiger partial charge in [-0.3, -0.25) is 4.79 Å². The van der Waals surface area contributed by atoms with E-state index in [0.29, 0.717) is 6.54 Å². The zero-order chi connectivity index (χ0) is 27.6. The fraction of sp³-hybridized carbons (Fsp3) is 0.121. The number of benzene rings is 4. The first-order valence-corrected chi connectivity index (χ1v) is 12.5. The van der Waals surface area contributed by atoms with Gasteiger partial charge in [-0.2, -0.15) is 0 Å². The standard InChI is InChI=1S/C33H28N2O4/c1-2-23-11-13-27(14-12-23)29-10-6-7-24(21-29)22-35-30(19-20-31(34)36)33(38)39-32(37)28-17-15-26(16-18-28)25-8-4-3-5-9-25/h1,3-18,21,30,35H,19-20,22H2,(H2,34,36)/t30-/m0/s1. The van der Waals surface area contributed by atoms with Gasteiger partial charge >= 0.3 is 11.9 Å².